The van der Waals surface area contributed by atoms with Crippen LogP contribution >= 0.6 is 0 Å². The van der Waals surface area contributed by atoms with E-state index in [9.17, 15) is 0 Å². The van der Waals surface area contributed by atoms with E-state index in [4.69, 9.17) is 4.74 Å². The van der Waals surface area contributed by atoms with Gasteiger partial charge >= 0.3 is 0 Å². The van der Waals surface area contributed by atoms with Crippen LogP contribution in [0.5, 0.6) is 0 Å². The van der Waals surface area contributed by atoms with E-state index in [1.165, 1.54) is 58.2 Å². The fourth-order valence-electron chi connectivity index (χ4n) is 4.78. The molecule has 1 aliphatic heterocycles. The van der Waals surface area contributed by atoms with Crippen LogP contribution in [0.15, 0.2) is 0 Å². The number of hydrogen-bond acceptors (Lipinski definition) is 2. The van der Waals surface area contributed by atoms with Crippen molar-refractivity contribution < 1.29 is 4.74 Å². The Kier molecular flexibility index (Phi) is 4.19. The summed E-state index contributed by atoms with van der Waals surface area (Å²) in [4.78, 5) is 2.77. The Morgan fingerprint density at radius 1 is 1.11 bits per heavy atom. The first-order valence-electron chi connectivity index (χ1n) is 8.53. The van der Waals surface area contributed by atoms with E-state index in [1.807, 2.05) is 0 Å². The van der Waals surface area contributed by atoms with E-state index in [1.54, 1.807) is 0 Å². The Hall–Kier alpha value is -0.0800. The average molecular weight is 265 g/mol. The highest BCUT2D eigenvalue weighted by Gasteiger charge is 2.47. The molecule has 0 amide bonds. The molecule has 0 bridgehead atoms. The van der Waals surface area contributed by atoms with Crippen LogP contribution in [0.2, 0.25) is 0 Å². The molecule has 0 N–H and O–H groups in total. The Labute approximate surface area is 118 Å². The minimum Gasteiger partial charge on any atom is -0.381 e. The van der Waals surface area contributed by atoms with Gasteiger partial charge in [0.15, 0.2) is 0 Å². The first-order valence-corrected chi connectivity index (χ1v) is 8.53. The molecule has 1 saturated heterocycles. The standard InChI is InChI=1S/C17H31NO/c1-3-14-9-17(10-14)5-6-18(13-17)11-15-7-16(8-15)12-19-4-2/h14-16H,3-13H2,1-2H3. The smallest absolute Gasteiger partial charge is 0.0494 e. The summed E-state index contributed by atoms with van der Waals surface area (Å²) in [7, 11) is 0. The highest BCUT2D eigenvalue weighted by atomic mass is 16.5. The summed E-state index contributed by atoms with van der Waals surface area (Å²) in [5.41, 5.74) is 0.759. The highest BCUT2D eigenvalue weighted by molar-refractivity contribution is 5.00. The zero-order valence-electron chi connectivity index (χ0n) is 12.9. The molecule has 3 aliphatic rings. The van der Waals surface area contributed by atoms with Crippen molar-refractivity contribution in [1.29, 1.82) is 0 Å². The summed E-state index contributed by atoms with van der Waals surface area (Å²) in [5, 5.41) is 0. The maximum atomic E-state index is 5.53. The Morgan fingerprint density at radius 2 is 1.89 bits per heavy atom. The molecule has 1 spiro atoms. The van der Waals surface area contributed by atoms with Gasteiger partial charge in [0.25, 0.3) is 0 Å². The molecule has 1 heterocycles. The first kappa shape index (κ1) is 13.9. The van der Waals surface area contributed by atoms with Crippen LogP contribution in [0, 0.1) is 23.2 Å². The monoisotopic (exact) mass is 265 g/mol. The molecule has 0 aromatic rings. The number of ether oxygens (including phenoxy) is 1. The van der Waals surface area contributed by atoms with Crippen molar-refractivity contribution in [1.82, 2.24) is 4.90 Å². The first-order chi connectivity index (χ1) is 9.23. The fraction of sp³-hybridized carbons (Fsp3) is 1.00. The number of hydrogen-bond donors (Lipinski definition) is 0. The lowest BCUT2D eigenvalue weighted by molar-refractivity contribution is 0.0288. The van der Waals surface area contributed by atoms with Crippen LogP contribution in [-0.2, 0) is 4.74 Å². The summed E-state index contributed by atoms with van der Waals surface area (Å²) in [5.74, 6) is 2.90. The van der Waals surface area contributed by atoms with Crippen molar-refractivity contribution in [3.05, 3.63) is 0 Å². The zero-order valence-corrected chi connectivity index (χ0v) is 12.9. The molecule has 3 fully saturated rings. The van der Waals surface area contributed by atoms with Gasteiger partial charge in [0.05, 0.1) is 0 Å². The number of rotatable bonds is 6. The van der Waals surface area contributed by atoms with Crippen LogP contribution in [0.25, 0.3) is 0 Å². The quantitative estimate of drug-likeness (QED) is 0.728. The lowest BCUT2D eigenvalue weighted by Gasteiger charge is -2.45. The lowest BCUT2D eigenvalue weighted by atomic mass is 9.61. The van der Waals surface area contributed by atoms with Crippen LogP contribution < -0.4 is 0 Å². The van der Waals surface area contributed by atoms with Crippen molar-refractivity contribution in [2.45, 2.75) is 52.4 Å². The van der Waals surface area contributed by atoms with Crippen LogP contribution in [-0.4, -0.2) is 37.7 Å². The van der Waals surface area contributed by atoms with Gasteiger partial charge in [-0.15, -0.1) is 0 Å². The van der Waals surface area contributed by atoms with Crippen LogP contribution in [0.3, 0.4) is 0 Å². The topological polar surface area (TPSA) is 12.5 Å². The molecule has 2 saturated carbocycles. The van der Waals surface area contributed by atoms with Gasteiger partial charge < -0.3 is 9.64 Å². The van der Waals surface area contributed by atoms with Gasteiger partial charge in [-0.05, 0) is 68.7 Å². The van der Waals surface area contributed by atoms with Crippen LogP contribution in [0.1, 0.15) is 52.4 Å². The predicted octanol–water partition coefficient (Wildman–Crippen LogP) is 3.56. The third kappa shape index (κ3) is 3.00. The molecule has 2 heteroatoms. The van der Waals surface area contributed by atoms with Gasteiger partial charge in [0.2, 0.25) is 0 Å². The molecule has 0 radical (unpaired) electrons. The fourth-order valence-corrected chi connectivity index (χ4v) is 4.78. The lowest BCUT2D eigenvalue weighted by Crippen LogP contribution is -2.41. The van der Waals surface area contributed by atoms with Crippen molar-refractivity contribution in [2.24, 2.45) is 23.2 Å². The van der Waals surface area contributed by atoms with Crippen molar-refractivity contribution in [2.75, 3.05) is 32.8 Å². The molecule has 19 heavy (non-hydrogen) atoms. The van der Waals surface area contributed by atoms with E-state index in [0.717, 1.165) is 36.4 Å². The van der Waals surface area contributed by atoms with Gasteiger partial charge in [-0.1, -0.05) is 13.3 Å². The molecule has 2 nitrogen and oxygen atoms in total. The van der Waals surface area contributed by atoms with Gasteiger partial charge in [0, 0.05) is 26.3 Å². The zero-order chi connectivity index (χ0) is 13.3. The molecular formula is C17H31NO. The number of likely N-dealkylation sites (tertiary alicyclic amines) is 1. The van der Waals surface area contributed by atoms with E-state index in [2.05, 4.69) is 18.7 Å². The van der Waals surface area contributed by atoms with Gasteiger partial charge in [-0.3, -0.25) is 0 Å². The molecule has 110 valence electrons. The average Bonchev–Trinajstić information content (AvgIpc) is 2.74. The minimum atomic E-state index is 0.759. The SMILES string of the molecule is CCOCC1CC(CN2CCC3(CC(CC)C3)C2)C1. The minimum absolute atomic E-state index is 0.759. The van der Waals surface area contributed by atoms with Gasteiger partial charge in [-0.25, -0.2) is 0 Å². The Morgan fingerprint density at radius 3 is 2.58 bits per heavy atom. The molecular weight excluding hydrogens is 234 g/mol. The second kappa shape index (κ2) is 5.73. The second-order valence-corrected chi connectivity index (χ2v) is 7.53. The highest BCUT2D eigenvalue weighted by Crippen LogP contribution is 2.53. The van der Waals surface area contributed by atoms with Crippen molar-refractivity contribution in [3.63, 3.8) is 0 Å². The molecule has 0 unspecified atom stereocenters. The predicted molar refractivity (Wildman–Crippen MR) is 79.2 cm³/mol. The van der Waals surface area contributed by atoms with Crippen molar-refractivity contribution in [3.8, 4) is 0 Å². The molecule has 0 aromatic heterocycles. The summed E-state index contributed by atoms with van der Waals surface area (Å²) >= 11 is 0. The summed E-state index contributed by atoms with van der Waals surface area (Å²) in [6.45, 7) is 10.5. The summed E-state index contributed by atoms with van der Waals surface area (Å²) < 4.78 is 5.53. The van der Waals surface area contributed by atoms with Gasteiger partial charge in [0.1, 0.15) is 0 Å². The van der Waals surface area contributed by atoms with E-state index >= 15 is 0 Å². The van der Waals surface area contributed by atoms with Gasteiger partial charge in [-0.2, -0.15) is 0 Å². The van der Waals surface area contributed by atoms with E-state index in [-0.39, 0.29) is 0 Å². The third-order valence-electron chi connectivity index (χ3n) is 5.95. The third-order valence-corrected chi connectivity index (χ3v) is 5.95. The maximum Gasteiger partial charge on any atom is 0.0494 e. The van der Waals surface area contributed by atoms with E-state index < -0.39 is 0 Å². The molecule has 3 rings (SSSR count). The maximum absolute atomic E-state index is 5.53. The Bertz CT molecular complexity index is 292. The summed E-state index contributed by atoms with van der Waals surface area (Å²) in [6, 6.07) is 0. The van der Waals surface area contributed by atoms with Crippen molar-refractivity contribution >= 4 is 0 Å². The summed E-state index contributed by atoms with van der Waals surface area (Å²) in [6.07, 6.45) is 8.78. The largest absolute Gasteiger partial charge is 0.381 e. The normalized spacial score (nSPS) is 42.3. The molecule has 0 atom stereocenters. The second-order valence-electron chi connectivity index (χ2n) is 7.53. The number of nitrogens with zero attached hydrogens (tertiary/aromatic N) is 1. The van der Waals surface area contributed by atoms with Crippen LogP contribution in [0.4, 0.5) is 0 Å². The molecule has 0 aromatic carbocycles. The Balaban J connectivity index is 1.33. The molecule has 2 aliphatic carbocycles. The van der Waals surface area contributed by atoms with E-state index in [0.29, 0.717) is 0 Å².